The van der Waals surface area contributed by atoms with E-state index in [1.54, 1.807) is 43.3 Å². The predicted octanol–water partition coefficient (Wildman–Crippen LogP) is 5.45. The summed E-state index contributed by atoms with van der Waals surface area (Å²) in [7, 11) is 0. The number of aromatic nitrogens is 2. The Morgan fingerprint density at radius 1 is 1.09 bits per heavy atom. The van der Waals surface area contributed by atoms with E-state index in [0.717, 1.165) is 0 Å². The fraction of sp³-hybridized carbons (Fsp3) is 0.200. The van der Waals surface area contributed by atoms with Crippen LogP contribution in [0.25, 0.3) is 11.0 Å². The lowest BCUT2D eigenvalue weighted by atomic mass is 9.88. The van der Waals surface area contributed by atoms with Gasteiger partial charge in [-0.15, -0.1) is 0 Å². The molecule has 0 spiro atoms. The molecule has 0 saturated carbocycles. The third kappa shape index (κ3) is 3.74. The van der Waals surface area contributed by atoms with Crippen molar-refractivity contribution in [2.75, 3.05) is 6.61 Å². The van der Waals surface area contributed by atoms with Crippen molar-refractivity contribution >= 4 is 28.4 Å². The number of ketones is 1. The molecule has 8 heteroatoms. The second kappa shape index (κ2) is 8.33. The molecule has 0 N–H and O–H groups in total. The van der Waals surface area contributed by atoms with E-state index in [2.05, 4.69) is 9.97 Å². The van der Waals surface area contributed by atoms with E-state index in [4.69, 9.17) is 25.5 Å². The van der Waals surface area contributed by atoms with Crippen LogP contribution in [0.2, 0.25) is 5.02 Å². The normalized spacial score (nSPS) is 14.3. The second-order valence-corrected chi connectivity index (χ2v) is 8.14. The summed E-state index contributed by atoms with van der Waals surface area (Å²) < 4.78 is 17.6. The smallest absolute Gasteiger partial charge is 0.343 e. The maximum absolute atomic E-state index is 12.9. The minimum absolute atomic E-state index is 0.213. The zero-order valence-electron chi connectivity index (χ0n) is 17.9. The Morgan fingerprint density at radius 3 is 2.61 bits per heavy atom. The molecule has 0 aliphatic carbocycles. The third-order valence-corrected chi connectivity index (χ3v) is 5.85. The van der Waals surface area contributed by atoms with Crippen LogP contribution in [0.15, 0.2) is 57.7 Å². The fourth-order valence-corrected chi connectivity index (χ4v) is 4.19. The summed E-state index contributed by atoms with van der Waals surface area (Å²) in [6.45, 7) is 3.42. The van der Waals surface area contributed by atoms with E-state index in [9.17, 15) is 9.59 Å². The second-order valence-electron chi connectivity index (χ2n) is 7.70. The molecule has 3 heterocycles. The van der Waals surface area contributed by atoms with E-state index in [1.807, 2.05) is 19.1 Å². The van der Waals surface area contributed by atoms with Gasteiger partial charge in [0.05, 0.1) is 16.5 Å². The predicted molar refractivity (Wildman–Crippen MR) is 123 cm³/mol. The molecule has 2 aromatic carbocycles. The van der Waals surface area contributed by atoms with E-state index >= 15 is 0 Å². The molecule has 0 amide bonds. The van der Waals surface area contributed by atoms with Crippen LogP contribution in [0.1, 0.15) is 46.6 Å². The SMILES string of the molecule is CCC1c2c(OCC(=O)c3ccc(Cl)cc3)nc(C)nc2Oc2c1c(=O)oc1ccccc21. The van der Waals surface area contributed by atoms with Crippen molar-refractivity contribution in [3.8, 4) is 17.5 Å². The molecule has 0 bridgehead atoms. The van der Waals surface area contributed by atoms with Gasteiger partial charge in [-0.1, -0.05) is 30.7 Å². The van der Waals surface area contributed by atoms with Crippen LogP contribution in [-0.4, -0.2) is 22.4 Å². The molecule has 5 rings (SSSR count). The summed E-state index contributed by atoms with van der Waals surface area (Å²) in [4.78, 5) is 34.4. The number of Topliss-reactive ketones (excluding diaryl/α,β-unsaturated/α-hetero) is 1. The van der Waals surface area contributed by atoms with Crippen LogP contribution >= 0.6 is 11.6 Å². The Balaban J connectivity index is 1.56. The molecule has 1 atom stereocenters. The zero-order chi connectivity index (χ0) is 23.1. The number of fused-ring (bicyclic) bond motifs is 4. The number of aryl methyl sites for hydroxylation is 1. The van der Waals surface area contributed by atoms with Gasteiger partial charge in [0, 0.05) is 16.5 Å². The van der Waals surface area contributed by atoms with Gasteiger partial charge in [0.15, 0.2) is 18.1 Å². The van der Waals surface area contributed by atoms with E-state index in [1.165, 1.54) is 0 Å². The van der Waals surface area contributed by atoms with Crippen molar-refractivity contribution in [3.05, 3.63) is 86.5 Å². The summed E-state index contributed by atoms with van der Waals surface area (Å²) >= 11 is 5.90. The van der Waals surface area contributed by atoms with Gasteiger partial charge in [-0.25, -0.2) is 4.79 Å². The van der Waals surface area contributed by atoms with E-state index in [-0.39, 0.29) is 18.3 Å². The van der Waals surface area contributed by atoms with Crippen LogP contribution in [-0.2, 0) is 0 Å². The van der Waals surface area contributed by atoms with Crippen molar-refractivity contribution in [1.29, 1.82) is 0 Å². The molecular weight excluding hydrogens is 444 g/mol. The average Bonchev–Trinajstić information content (AvgIpc) is 2.81. The monoisotopic (exact) mass is 462 g/mol. The summed E-state index contributed by atoms with van der Waals surface area (Å²) in [5, 5.41) is 1.23. The molecule has 1 aliphatic rings. The van der Waals surface area contributed by atoms with Crippen molar-refractivity contribution in [3.63, 3.8) is 0 Å². The lowest BCUT2D eigenvalue weighted by molar-refractivity contribution is 0.0916. The number of halogens is 1. The number of hydrogen-bond donors (Lipinski definition) is 0. The number of benzene rings is 2. The molecule has 7 nitrogen and oxygen atoms in total. The van der Waals surface area contributed by atoms with Gasteiger partial charge in [-0.05, 0) is 49.7 Å². The van der Waals surface area contributed by atoms with Gasteiger partial charge in [-0.3, -0.25) is 4.79 Å². The molecule has 0 saturated heterocycles. The summed E-state index contributed by atoms with van der Waals surface area (Å²) in [6.07, 6.45) is 0.556. The Bertz CT molecular complexity index is 1450. The number of rotatable bonds is 5. The van der Waals surface area contributed by atoms with Gasteiger partial charge in [0.1, 0.15) is 11.4 Å². The van der Waals surface area contributed by atoms with Gasteiger partial charge in [-0.2, -0.15) is 9.97 Å². The first-order valence-corrected chi connectivity index (χ1v) is 10.9. The summed E-state index contributed by atoms with van der Waals surface area (Å²) in [6, 6.07) is 13.8. The molecule has 4 aromatic rings. The maximum Gasteiger partial charge on any atom is 0.343 e. The molecule has 1 unspecified atom stereocenters. The Morgan fingerprint density at radius 2 is 1.85 bits per heavy atom. The molecule has 0 fully saturated rings. The first-order valence-electron chi connectivity index (χ1n) is 10.5. The Kier molecular flexibility index (Phi) is 5.34. The first kappa shape index (κ1) is 21.2. The molecule has 1 aliphatic heterocycles. The fourth-order valence-electron chi connectivity index (χ4n) is 4.07. The zero-order valence-corrected chi connectivity index (χ0v) is 18.7. The lowest BCUT2D eigenvalue weighted by Gasteiger charge is -2.27. The first-order chi connectivity index (χ1) is 16.0. The van der Waals surface area contributed by atoms with Gasteiger partial charge < -0.3 is 13.9 Å². The van der Waals surface area contributed by atoms with Gasteiger partial charge in [0.25, 0.3) is 0 Å². The number of carbonyl (C=O) groups is 1. The van der Waals surface area contributed by atoms with Crippen LogP contribution in [0.4, 0.5) is 0 Å². The number of nitrogens with zero attached hydrogens (tertiary/aromatic N) is 2. The highest BCUT2D eigenvalue weighted by Crippen LogP contribution is 2.48. The topological polar surface area (TPSA) is 91.5 Å². The molecule has 33 heavy (non-hydrogen) atoms. The van der Waals surface area contributed by atoms with E-state index < -0.39 is 11.5 Å². The van der Waals surface area contributed by atoms with Gasteiger partial charge in [0.2, 0.25) is 11.8 Å². The van der Waals surface area contributed by atoms with Gasteiger partial charge >= 0.3 is 5.63 Å². The number of para-hydroxylation sites is 1. The largest absolute Gasteiger partial charge is 0.469 e. The minimum Gasteiger partial charge on any atom is -0.469 e. The molecule has 0 radical (unpaired) electrons. The molecular formula is C25H19ClN2O5. The summed E-state index contributed by atoms with van der Waals surface area (Å²) in [5.41, 5.74) is 1.35. The Hall–Kier alpha value is -3.71. The number of carbonyl (C=O) groups excluding carboxylic acids is 1. The maximum atomic E-state index is 12.9. The number of hydrogen-bond acceptors (Lipinski definition) is 7. The van der Waals surface area contributed by atoms with Crippen molar-refractivity contribution < 1.29 is 18.7 Å². The standard InChI is InChI=1S/C25H19ClN2O5/c1-3-16-20-22(17-6-4-5-7-19(17)32-25(20)30)33-24-21(16)23(27-13(2)28-24)31-12-18(29)14-8-10-15(26)11-9-14/h4-11,16H,3,12H2,1-2H3. The quantitative estimate of drug-likeness (QED) is 0.287. The van der Waals surface area contributed by atoms with E-state index in [0.29, 0.717) is 56.6 Å². The van der Waals surface area contributed by atoms with Crippen LogP contribution in [0.3, 0.4) is 0 Å². The highest BCUT2D eigenvalue weighted by Gasteiger charge is 2.36. The lowest BCUT2D eigenvalue weighted by Crippen LogP contribution is -2.22. The molecule has 166 valence electrons. The minimum atomic E-state index is -0.482. The van der Waals surface area contributed by atoms with Crippen LogP contribution in [0.5, 0.6) is 17.5 Å². The third-order valence-electron chi connectivity index (χ3n) is 5.60. The molecule has 2 aromatic heterocycles. The van der Waals surface area contributed by atoms with Crippen LogP contribution in [0, 0.1) is 6.92 Å². The number of ether oxygens (including phenoxy) is 2. The van der Waals surface area contributed by atoms with Crippen LogP contribution < -0.4 is 15.1 Å². The highest BCUT2D eigenvalue weighted by atomic mass is 35.5. The average molecular weight is 463 g/mol. The summed E-state index contributed by atoms with van der Waals surface area (Å²) in [5.74, 6) is 0.741. The highest BCUT2D eigenvalue weighted by molar-refractivity contribution is 6.30. The van der Waals surface area contributed by atoms with Crippen molar-refractivity contribution in [2.24, 2.45) is 0 Å². The van der Waals surface area contributed by atoms with Crippen molar-refractivity contribution in [1.82, 2.24) is 9.97 Å². The van der Waals surface area contributed by atoms with Crippen molar-refractivity contribution in [2.45, 2.75) is 26.2 Å². The Labute approximate surface area is 194 Å².